The highest BCUT2D eigenvalue weighted by Crippen LogP contribution is 2.39. The standard InChI is InChI=1S/C19H25N3O/c1-19(13-20,16-8-9-16)21-18(23)12-22(2)17-10-7-14-5-3-4-6-15(14)11-17/h3-6,16-17H,7-12H2,1-2H3,(H,21,23). The quantitative estimate of drug-likeness (QED) is 0.907. The zero-order chi connectivity index (χ0) is 16.4. The van der Waals surface area contributed by atoms with Gasteiger partial charge in [-0.2, -0.15) is 5.26 Å². The van der Waals surface area contributed by atoms with Gasteiger partial charge in [0.25, 0.3) is 0 Å². The zero-order valence-corrected chi connectivity index (χ0v) is 14.0. The van der Waals surface area contributed by atoms with Gasteiger partial charge in [-0.3, -0.25) is 9.69 Å². The normalized spacial score (nSPS) is 22.8. The largest absolute Gasteiger partial charge is 0.337 e. The van der Waals surface area contributed by atoms with Crippen LogP contribution >= 0.6 is 0 Å². The van der Waals surface area contributed by atoms with Gasteiger partial charge in [-0.05, 0) is 63.1 Å². The van der Waals surface area contributed by atoms with Gasteiger partial charge in [-0.15, -0.1) is 0 Å². The number of nitrogens with zero attached hydrogens (tertiary/aromatic N) is 2. The maximum absolute atomic E-state index is 12.3. The maximum Gasteiger partial charge on any atom is 0.235 e. The van der Waals surface area contributed by atoms with Crippen molar-refractivity contribution in [1.82, 2.24) is 10.2 Å². The Morgan fingerprint density at radius 2 is 2.04 bits per heavy atom. The van der Waals surface area contributed by atoms with E-state index < -0.39 is 5.54 Å². The van der Waals surface area contributed by atoms with Crippen LogP contribution in [-0.4, -0.2) is 36.0 Å². The van der Waals surface area contributed by atoms with Gasteiger partial charge in [0.1, 0.15) is 5.54 Å². The summed E-state index contributed by atoms with van der Waals surface area (Å²) in [5, 5.41) is 12.3. The molecule has 122 valence electrons. The fourth-order valence-corrected chi connectivity index (χ4v) is 3.62. The summed E-state index contributed by atoms with van der Waals surface area (Å²) in [5.74, 6) is 0.283. The smallest absolute Gasteiger partial charge is 0.235 e. The van der Waals surface area contributed by atoms with Crippen molar-refractivity contribution in [3.8, 4) is 6.07 Å². The number of amides is 1. The number of fused-ring (bicyclic) bond motifs is 1. The molecule has 1 N–H and O–H groups in total. The van der Waals surface area contributed by atoms with Gasteiger partial charge >= 0.3 is 0 Å². The molecule has 0 radical (unpaired) electrons. The van der Waals surface area contributed by atoms with Gasteiger partial charge in [0, 0.05) is 6.04 Å². The molecule has 4 heteroatoms. The summed E-state index contributed by atoms with van der Waals surface area (Å²) < 4.78 is 0. The Morgan fingerprint density at radius 1 is 1.35 bits per heavy atom. The first-order valence-corrected chi connectivity index (χ1v) is 8.51. The molecule has 1 fully saturated rings. The van der Waals surface area contributed by atoms with E-state index in [1.807, 2.05) is 14.0 Å². The van der Waals surface area contributed by atoms with Crippen molar-refractivity contribution in [1.29, 1.82) is 5.26 Å². The van der Waals surface area contributed by atoms with Crippen molar-refractivity contribution in [3.05, 3.63) is 35.4 Å². The van der Waals surface area contributed by atoms with Crippen LogP contribution in [0.25, 0.3) is 0 Å². The van der Waals surface area contributed by atoms with Crippen LogP contribution in [0.4, 0.5) is 0 Å². The SMILES string of the molecule is CN(CC(=O)NC(C)(C#N)C1CC1)C1CCc2ccccc2C1. The number of nitrogens with one attached hydrogen (secondary N) is 1. The number of carbonyl (C=O) groups excluding carboxylic acids is 1. The predicted octanol–water partition coefficient (Wildman–Crippen LogP) is 2.28. The Kier molecular flexibility index (Phi) is 4.41. The fourth-order valence-electron chi connectivity index (χ4n) is 3.62. The lowest BCUT2D eigenvalue weighted by atomic mass is 9.87. The maximum atomic E-state index is 12.3. The Bertz CT molecular complexity index is 632. The summed E-state index contributed by atoms with van der Waals surface area (Å²) >= 11 is 0. The minimum Gasteiger partial charge on any atom is -0.337 e. The van der Waals surface area contributed by atoms with Crippen LogP contribution < -0.4 is 5.32 Å². The average Bonchev–Trinajstić information content (AvgIpc) is 3.39. The molecule has 0 heterocycles. The van der Waals surface area contributed by atoms with E-state index in [-0.39, 0.29) is 5.91 Å². The Balaban J connectivity index is 1.56. The molecule has 0 aromatic heterocycles. The van der Waals surface area contributed by atoms with Crippen LogP contribution in [0.1, 0.15) is 37.3 Å². The minimum atomic E-state index is -0.697. The highest BCUT2D eigenvalue weighted by atomic mass is 16.2. The summed E-state index contributed by atoms with van der Waals surface area (Å²) in [6, 6.07) is 11.2. The highest BCUT2D eigenvalue weighted by molar-refractivity contribution is 5.79. The van der Waals surface area contributed by atoms with Crippen LogP contribution in [0.5, 0.6) is 0 Å². The summed E-state index contributed by atoms with van der Waals surface area (Å²) in [6.45, 7) is 2.20. The molecule has 0 saturated heterocycles. The van der Waals surface area contributed by atoms with E-state index in [1.165, 1.54) is 11.1 Å². The molecule has 0 aliphatic heterocycles. The molecule has 2 aliphatic carbocycles. The first kappa shape index (κ1) is 16.0. The van der Waals surface area contributed by atoms with E-state index in [0.29, 0.717) is 18.5 Å². The first-order valence-electron chi connectivity index (χ1n) is 8.51. The molecule has 1 aromatic rings. The Labute approximate surface area is 138 Å². The van der Waals surface area contributed by atoms with Crippen LogP contribution in [0.15, 0.2) is 24.3 Å². The molecular formula is C19H25N3O. The van der Waals surface area contributed by atoms with E-state index in [4.69, 9.17) is 0 Å². The van der Waals surface area contributed by atoms with E-state index in [2.05, 4.69) is 40.6 Å². The third kappa shape index (κ3) is 3.56. The van der Waals surface area contributed by atoms with E-state index in [9.17, 15) is 10.1 Å². The summed E-state index contributed by atoms with van der Waals surface area (Å²) in [6.07, 6.45) is 5.24. The van der Waals surface area contributed by atoms with Gasteiger partial charge in [0.15, 0.2) is 0 Å². The molecule has 3 rings (SSSR count). The van der Waals surface area contributed by atoms with Crippen molar-refractivity contribution in [3.63, 3.8) is 0 Å². The molecule has 2 unspecified atom stereocenters. The number of aryl methyl sites for hydroxylation is 1. The molecule has 2 aliphatic rings. The van der Waals surface area contributed by atoms with Crippen molar-refractivity contribution < 1.29 is 4.79 Å². The average molecular weight is 311 g/mol. The summed E-state index contributed by atoms with van der Waals surface area (Å²) in [4.78, 5) is 14.5. The topological polar surface area (TPSA) is 56.1 Å². The molecule has 0 spiro atoms. The van der Waals surface area contributed by atoms with Crippen molar-refractivity contribution in [2.45, 2.75) is 50.6 Å². The second kappa shape index (κ2) is 6.33. The van der Waals surface area contributed by atoms with Crippen LogP contribution in [0.2, 0.25) is 0 Å². The second-order valence-corrected chi connectivity index (χ2v) is 7.22. The summed E-state index contributed by atoms with van der Waals surface area (Å²) in [5.41, 5.74) is 2.14. The number of hydrogen-bond acceptors (Lipinski definition) is 3. The number of likely N-dealkylation sites (N-methyl/N-ethyl adjacent to an activating group) is 1. The molecule has 1 amide bonds. The van der Waals surface area contributed by atoms with Crippen LogP contribution in [-0.2, 0) is 17.6 Å². The molecule has 1 aromatic carbocycles. The Morgan fingerprint density at radius 3 is 2.70 bits per heavy atom. The number of rotatable bonds is 5. The molecular weight excluding hydrogens is 286 g/mol. The van der Waals surface area contributed by atoms with Gasteiger partial charge in [-0.1, -0.05) is 24.3 Å². The van der Waals surface area contributed by atoms with Crippen LogP contribution in [0, 0.1) is 17.2 Å². The molecule has 23 heavy (non-hydrogen) atoms. The Hall–Kier alpha value is -1.86. The van der Waals surface area contributed by atoms with Crippen molar-refractivity contribution >= 4 is 5.91 Å². The molecule has 0 bridgehead atoms. The lowest BCUT2D eigenvalue weighted by Gasteiger charge is -2.33. The monoisotopic (exact) mass is 311 g/mol. The molecule has 4 nitrogen and oxygen atoms in total. The predicted molar refractivity (Wildman–Crippen MR) is 89.8 cm³/mol. The molecule has 1 saturated carbocycles. The summed E-state index contributed by atoms with van der Waals surface area (Å²) in [7, 11) is 2.01. The van der Waals surface area contributed by atoms with Crippen molar-refractivity contribution in [2.24, 2.45) is 5.92 Å². The minimum absolute atomic E-state index is 0.0395. The highest BCUT2D eigenvalue weighted by Gasteiger charge is 2.43. The van der Waals surface area contributed by atoms with Gasteiger partial charge < -0.3 is 5.32 Å². The van der Waals surface area contributed by atoms with Gasteiger partial charge in [-0.25, -0.2) is 0 Å². The lowest BCUT2D eigenvalue weighted by molar-refractivity contribution is -0.123. The van der Waals surface area contributed by atoms with Gasteiger partial charge in [0.2, 0.25) is 5.91 Å². The third-order valence-electron chi connectivity index (χ3n) is 5.36. The van der Waals surface area contributed by atoms with Crippen LogP contribution in [0.3, 0.4) is 0 Å². The van der Waals surface area contributed by atoms with Gasteiger partial charge in [0.05, 0.1) is 12.6 Å². The zero-order valence-electron chi connectivity index (χ0n) is 14.0. The number of hydrogen-bond donors (Lipinski definition) is 1. The van der Waals surface area contributed by atoms with E-state index >= 15 is 0 Å². The van der Waals surface area contributed by atoms with Crippen molar-refractivity contribution in [2.75, 3.05) is 13.6 Å². The lowest BCUT2D eigenvalue weighted by Crippen LogP contribution is -2.51. The van der Waals surface area contributed by atoms with E-state index in [1.54, 1.807) is 0 Å². The second-order valence-electron chi connectivity index (χ2n) is 7.22. The van der Waals surface area contributed by atoms with E-state index in [0.717, 1.165) is 32.1 Å². The number of carbonyl (C=O) groups is 1. The third-order valence-corrected chi connectivity index (χ3v) is 5.36. The molecule has 2 atom stereocenters. The first-order chi connectivity index (χ1) is 11.0. The number of nitriles is 1. The number of benzene rings is 1. The fraction of sp³-hybridized carbons (Fsp3) is 0.579.